The van der Waals surface area contributed by atoms with Gasteiger partial charge in [-0.25, -0.2) is 0 Å². The summed E-state index contributed by atoms with van der Waals surface area (Å²) in [5.41, 5.74) is 0.574. The molecule has 6 heteroatoms. The monoisotopic (exact) mass is 288 g/mol. The minimum atomic E-state index is -1.26. The predicted molar refractivity (Wildman–Crippen MR) is 71.4 cm³/mol. The number of carboxylic acid groups (broad SMARTS) is 1. The van der Waals surface area contributed by atoms with Gasteiger partial charge in [-0.2, -0.15) is 0 Å². The van der Waals surface area contributed by atoms with E-state index in [1.807, 2.05) is 0 Å². The molecule has 21 heavy (non-hydrogen) atoms. The van der Waals surface area contributed by atoms with E-state index in [0.29, 0.717) is 11.4 Å². The fourth-order valence-electron chi connectivity index (χ4n) is 2.80. The van der Waals surface area contributed by atoms with Crippen LogP contribution in [0, 0.1) is 11.8 Å². The Balaban J connectivity index is 1.75. The third-order valence-electron chi connectivity index (χ3n) is 3.83. The Hall–Kier alpha value is -2.34. The number of nitrogens with one attached hydrogen (secondary N) is 1. The minimum absolute atomic E-state index is 0.383. The van der Waals surface area contributed by atoms with Gasteiger partial charge in [0.1, 0.15) is 5.75 Å². The summed E-state index contributed by atoms with van der Waals surface area (Å²) in [6.45, 7) is 0. The van der Waals surface area contributed by atoms with Crippen LogP contribution >= 0.6 is 0 Å². The molecule has 1 N–H and O–H groups in total. The van der Waals surface area contributed by atoms with Crippen molar-refractivity contribution in [3.63, 3.8) is 0 Å². The van der Waals surface area contributed by atoms with Crippen LogP contribution in [0.3, 0.4) is 0 Å². The lowest BCUT2D eigenvalue weighted by Gasteiger charge is -2.24. The van der Waals surface area contributed by atoms with E-state index in [2.05, 4.69) is 5.32 Å². The number of hydrogen-bond acceptors (Lipinski definition) is 5. The van der Waals surface area contributed by atoms with E-state index in [1.54, 1.807) is 43.5 Å². The molecule has 1 amide bonds. The average Bonchev–Trinajstić information content (AvgIpc) is 3.08. The first-order valence-electron chi connectivity index (χ1n) is 6.59. The first-order chi connectivity index (χ1) is 10.1. The zero-order valence-corrected chi connectivity index (χ0v) is 11.3. The number of benzene rings is 1. The number of hydrogen-bond donors (Lipinski definition) is 1. The number of anilines is 1. The maximum Gasteiger partial charge on any atom is 0.231 e. The molecule has 2 aliphatic heterocycles. The van der Waals surface area contributed by atoms with Gasteiger partial charge in [-0.15, -0.1) is 0 Å². The summed E-state index contributed by atoms with van der Waals surface area (Å²) in [6.07, 6.45) is 2.31. The van der Waals surface area contributed by atoms with Crippen LogP contribution in [-0.4, -0.2) is 31.2 Å². The smallest absolute Gasteiger partial charge is 0.231 e. The molecule has 0 aromatic heterocycles. The molecule has 1 aromatic rings. The number of carbonyl (C=O) groups is 2. The topological polar surface area (TPSA) is 87.7 Å². The van der Waals surface area contributed by atoms with Gasteiger partial charge < -0.3 is 24.7 Å². The summed E-state index contributed by atoms with van der Waals surface area (Å²) >= 11 is 0. The molecule has 2 bridgehead atoms. The maximum atomic E-state index is 12.3. The van der Waals surface area contributed by atoms with Crippen LogP contribution in [-0.2, 0) is 14.3 Å². The van der Waals surface area contributed by atoms with E-state index in [0.717, 1.165) is 0 Å². The van der Waals surface area contributed by atoms with Crippen LogP contribution in [0.15, 0.2) is 36.4 Å². The molecule has 6 nitrogen and oxygen atoms in total. The lowest BCUT2D eigenvalue weighted by molar-refractivity contribution is -0.313. The van der Waals surface area contributed by atoms with Gasteiger partial charge in [0.05, 0.1) is 25.2 Å². The molecular weight excluding hydrogens is 274 g/mol. The summed E-state index contributed by atoms with van der Waals surface area (Å²) in [6, 6.07) is 6.80. The molecule has 2 aliphatic rings. The quantitative estimate of drug-likeness (QED) is 0.785. The fraction of sp³-hybridized carbons (Fsp3) is 0.333. The first kappa shape index (κ1) is 13.6. The van der Waals surface area contributed by atoms with Crippen LogP contribution < -0.4 is 15.2 Å². The maximum absolute atomic E-state index is 12.3. The Morgan fingerprint density at radius 3 is 2.33 bits per heavy atom. The van der Waals surface area contributed by atoms with Gasteiger partial charge in [-0.3, -0.25) is 4.79 Å². The van der Waals surface area contributed by atoms with E-state index in [9.17, 15) is 14.7 Å². The van der Waals surface area contributed by atoms with Crippen molar-refractivity contribution >= 4 is 17.6 Å². The van der Waals surface area contributed by atoms with Gasteiger partial charge in [0, 0.05) is 17.6 Å². The van der Waals surface area contributed by atoms with Gasteiger partial charge in [0.15, 0.2) is 0 Å². The highest BCUT2D eigenvalue weighted by atomic mass is 16.5. The minimum Gasteiger partial charge on any atom is -0.550 e. The molecular formula is C15H14NO5-. The zero-order chi connectivity index (χ0) is 15.0. The molecule has 1 fully saturated rings. The van der Waals surface area contributed by atoms with Crippen molar-refractivity contribution in [2.24, 2.45) is 11.8 Å². The van der Waals surface area contributed by atoms with Gasteiger partial charge in [-0.05, 0) is 24.3 Å². The van der Waals surface area contributed by atoms with Crippen molar-refractivity contribution in [1.82, 2.24) is 0 Å². The lowest BCUT2D eigenvalue weighted by Crippen LogP contribution is -2.45. The van der Waals surface area contributed by atoms with E-state index in [4.69, 9.17) is 9.47 Å². The molecule has 0 radical (unpaired) electrons. The van der Waals surface area contributed by atoms with Crippen molar-refractivity contribution in [3.05, 3.63) is 36.4 Å². The summed E-state index contributed by atoms with van der Waals surface area (Å²) in [4.78, 5) is 23.5. The number of rotatable bonds is 4. The fourth-order valence-corrected chi connectivity index (χ4v) is 2.80. The van der Waals surface area contributed by atoms with Crippen LogP contribution in [0.2, 0.25) is 0 Å². The normalized spacial score (nSPS) is 29.4. The van der Waals surface area contributed by atoms with Gasteiger partial charge in [-0.1, -0.05) is 12.2 Å². The second-order valence-corrected chi connectivity index (χ2v) is 5.04. The van der Waals surface area contributed by atoms with Gasteiger partial charge >= 0.3 is 0 Å². The number of ether oxygens (including phenoxy) is 2. The number of methoxy groups -OCH3 is 1. The SMILES string of the molecule is COc1ccc(NC(=O)[C@@H]2C3C=CC(O3)[C@@H]2C(=O)[O-])cc1. The summed E-state index contributed by atoms with van der Waals surface area (Å²) < 4.78 is 10.5. The Bertz CT molecular complexity index is 595. The van der Waals surface area contributed by atoms with Crippen LogP contribution in [0.25, 0.3) is 0 Å². The van der Waals surface area contributed by atoms with Crippen molar-refractivity contribution in [2.45, 2.75) is 12.2 Å². The number of aliphatic carboxylic acids is 1. The number of amides is 1. The molecule has 2 unspecified atom stereocenters. The molecule has 1 saturated heterocycles. The Morgan fingerprint density at radius 2 is 1.76 bits per heavy atom. The predicted octanol–water partition coefficient (Wildman–Crippen LogP) is -0.0468. The third-order valence-corrected chi connectivity index (χ3v) is 3.83. The average molecular weight is 288 g/mol. The standard InChI is InChI=1S/C15H15NO5/c1-20-9-4-2-8(3-5-9)16-14(17)12-10-6-7-11(21-10)13(12)15(18)19/h2-7,10-13H,1H3,(H,16,17)(H,18,19)/p-1/t10?,11?,12-,13+/m1/s1. The summed E-state index contributed by atoms with van der Waals surface area (Å²) in [5.74, 6) is -2.69. The van der Waals surface area contributed by atoms with Crippen molar-refractivity contribution in [2.75, 3.05) is 12.4 Å². The molecule has 0 spiro atoms. The highest BCUT2D eigenvalue weighted by Gasteiger charge is 2.50. The van der Waals surface area contributed by atoms with Gasteiger partial charge in [0.2, 0.25) is 5.91 Å². The van der Waals surface area contributed by atoms with Crippen LogP contribution in [0.4, 0.5) is 5.69 Å². The molecule has 110 valence electrons. The molecule has 0 saturated carbocycles. The summed E-state index contributed by atoms with van der Waals surface area (Å²) in [7, 11) is 1.55. The highest BCUT2D eigenvalue weighted by molar-refractivity contribution is 5.96. The van der Waals surface area contributed by atoms with Crippen molar-refractivity contribution in [1.29, 1.82) is 0 Å². The Morgan fingerprint density at radius 1 is 1.14 bits per heavy atom. The number of fused-ring (bicyclic) bond motifs is 2. The highest BCUT2D eigenvalue weighted by Crippen LogP contribution is 2.39. The molecule has 3 rings (SSSR count). The van der Waals surface area contributed by atoms with E-state index in [1.165, 1.54) is 0 Å². The third kappa shape index (κ3) is 2.38. The van der Waals surface area contributed by atoms with E-state index >= 15 is 0 Å². The molecule has 1 aromatic carbocycles. The van der Waals surface area contributed by atoms with Crippen LogP contribution in [0.1, 0.15) is 0 Å². The first-order valence-corrected chi connectivity index (χ1v) is 6.59. The lowest BCUT2D eigenvalue weighted by atomic mass is 9.82. The second-order valence-electron chi connectivity index (χ2n) is 5.04. The van der Waals surface area contributed by atoms with Crippen molar-refractivity contribution in [3.8, 4) is 5.75 Å². The van der Waals surface area contributed by atoms with Crippen molar-refractivity contribution < 1.29 is 24.2 Å². The number of carbonyl (C=O) groups excluding carboxylic acids is 2. The van der Waals surface area contributed by atoms with Gasteiger partial charge in [0.25, 0.3) is 0 Å². The second kappa shape index (κ2) is 5.21. The molecule has 0 aliphatic carbocycles. The van der Waals surface area contributed by atoms with Crippen LogP contribution in [0.5, 0.6) is 5.75 Å². The van der Waals surface area contributed by atoms with E-state index in [-0.39, 0.29) is 5.91 Å². The largest absolute Gasteiger partial charge is 0.550 e. The van der Waals surface area contributed by atoms with E-state index < -0.39 is 30.0 Å². The molecule has 4 atom stereocenters. The zero-order valence-electron chi connectivity index (χ0n) is 11.3. The Labute approximate surface area is 121 Å². The summed E-state index contributed by atoms with van der Waals surface area (Å²) in [5, 5.41) is 13.9. The Kier molecular flexibility index (Phi) is 3.39. The number of carboxylic acids is 1. The molecule has 2 heterocycles.